The molecule has 0 bridgehead atoms. The van der Waals surface area contributed by atoms with Gasteiger partial charge >= 0.3 is 0 Å². The molecule has 0 heterocycles. The minimum Gasteiger partial charge on any atom is -0.494 e. The second kappa shape index (κ2) is 11.5. The van der Waals surface area contributed by atoms with Crippen LogP contribution in [0.5, 0.6) is 5.75 Å². The summed E-state index contributed by atoms with van der Waals surface area (Å²) in [7, 11) is 0. The molecule has 0 aliphatic rings. The summed E-state index contributed by atoms with van der Waals surface area (Å²) in [6.07, 6.45) is 3.30. The number of fused-ring (bicyclic) bond motifs is 1. The van der Waals surface area contributed by atoms with Crippen LogP contribution in [0, 0.1) is 47.0 Å². The van der Waals surface area contributed by atoms with Gasteiger partial charge in [0.2, 0.25) is 0 Å². The van der Waals surface area contributed by atoms with Gasteiger partial charge in [-0.3, -0.25) is 0 Å². The number of ether oxygens (including phenoxy) is 1. The fourth-order valence-corrected chi connectivity index (χ4v) is 3.54. The van der Waals surface area contributed by atoms with E-state index >= 15 is 0 Å². The van der Waals surface area contributed by atoms with Crippen LogP contribution in [-0.2, 0) is 0 Å². The quantitative estimate of drug-likeness (QED) is 0.121. The molecular formula is C31H22F4O. The summed E-state index contributed by atoms with van der Waals surface area (Å²) < 4.78 is 61.1. The van der Waals surface area contributed by atoms with E-state index in [9.17, 15) is 17.6 Å². The summed E-state index contributed by atoms with van der Waals surface area (Å²) in [5, 5.41) is 0.114. The van der Waals surface area contributed by atoms with Gasteiger partial charge in [0.25, 0.3) is 0 Å². The minimum atomic E-state index is -1.52. The van der Waals surface area contributed by atoms with Gasteiger partial charge in [-0.1, -0.05) is 49.5 Å². The van der Waals surface area contributed by atoms with E-state index in [2.05, 4.69) is 30.6 Å². The molecule has 0 N–H and O–H groups in total. The molecule has 5 heteroatoms. The fraction of sp³-hybridized carbons (Fsp3) is 0.161. The van der Waals surface area contributed by atoms with Crippen molar-refractivity contribution in [1.82, 2.24) is 0 Å². The maximum atomic E-state index is 14.6. The summed E-state index contributed by atoms with van der Waals surface area (Å²) in [6.45, 7) is 2.83. The van der Waals surface area contributed by atoms with Crippen molar-refractivity contribution in [3.8, 4) is 29.4 Å². The third-order valence-electron chi connectivity index (χ3n) is 5.51. The second-order valence-corrected chi connectivity index (χ2v) is 8.20. The molecule has 0 aliphatic heterocycles. The van der Waals surface area contributed by atoms with Gasteiger partial charge in [0, 0.05) is 22.1 Å². The Bertz CT molecular complexity index is 1520. The minimum absolute atomic E-state index is 0.0531. The molecular weight excluding hydrogens is 464 g/mol. The zero-order chi connectivity index (χ0) is 25.5. The van der Waals surface area contributed by atoms with Crippen molar-refractivity contribution in [2.75, 3.05) is 6.61 Å². The van der Waals surface area contributed by atoms with Crippen LogP contribution in [-0.4, -0.2) is 6.61 Å². The summed E-state index contributed by atoms with van der Waals surface area (Å²) in [6, 6.07) is 17.0. The highest BCUT2D eigenvalue weighted by Gasteiger charge is 2.13. The van der Waals surface area contributed by atoms with Gasteiger partial charge in [-0.05, 0) is 72.5 Å². The molecule has 0 atom stereocenters. The van der Waals surface area contributed by atoms with Gasteiger partial charge in [0.15, 0.2) is 17.5 Å². The third-order valence-corrected chi connectivity index (χ3v) is 5.51. The molecule has 0 aliphatic carbocycles. The van der Waals surface area contributed by atoms with E-state index < -0.39 is 23.3 Å². The highest BCUT2D eigenvalue weighted by Crippen LogP contribution is 2.24. The number of hydrogen-bond acceptors (Lipinski definition) is 1. The van der Waals surface area contributed by atoms with Crippen LogP contribution < -0.4 is 4.74 Å². The Labute approximate surface area is 207 Å². The van der Waals surface area contributed by atoms with Crippen molar-refractivity contribution in [2.24, 2.45) is 0 Å². The van der Waals surface area contributed by atoms with Crippen LogP contribution in [0.1, 0.15) is 48.4 Å². The molecule has 0 saturated heterocycles. The molecule has 0 saturated carbocycles. The van der Waals surface area contributed by atoms with Crippen molar-refractivity contribution in [3.05, 3.63) is 112 Å². The Kier molecular flexibility index (Phi) is 7.93. The highest BCUT2D eigenvalue weighted by molar-refractivity contribution is 5.84. The first-order chi connectivity index (χ1) is 17.4. The highest BCUT2D eigenvalue weighted by atomic mass is 19.2. The van der Waals surface area contributed by atoms with E-state index in [-0.39, 0.29) is 16.3 Å². The van der Waals surface area contributed by atoms with Crippen molar-refractivity contribution >= 4 is 10.8 Å². The lowest BCUT2D eigenvalue weighted by Gasteiger charge is -2.05. The summed E-state index contributed by atoms with van der Waals surface area (Å²) >= 11 is 0. The van der Waals surface area contributed by atoms with E-state index in [1.54, 1.807) is 6.07 Å². The molecule has 4 rings (SSSR count). The van der Waals surface area contributed by atoms with E-state index in [1.165, 1.54) is 30.3 Å². The van der Waals surface area contributed by atoms with Crippen LogP contribution in [0.25, 0.3) is 10.8 Å². The Morgan fingerprint density at radius 2 is 1.31 bits per heavy atom. The summed E-state index contributed by atoms with van der Waals surface area (Å²) in [4.78, 5) is 0. The molecule has 0 unspecified atom stereocenters. The van der Waals surface area contributed by atoms with Crippen molar-refractivity contribution in [1.29, 1.82) is 0 Å². The molecule has 180 valence electrons. The molecule has 0 spiro atoms. The predicted octanol–water partition coefficient (Wildman–Crippen LogP) is 7.76. The topological polar surface area (TPSA) is 9.23 Å². The first kappa shape index (κ1) is 24.9. The molecule has 0 aromatic heterocycles. The standard InChI is InChI=1S/C31H22F4O/c1-2-3-4-17-36-26-14-9-21(10-15-26)5-6-23-8-13-24(28(32)19-23)12-7-22-11-16-27-25(18-22)20-29(33)31(35)30(27)34/h8-11,13-16,18-20H,2-4,17H2,1H3. The fourth-order valence-electron chi connectivity index (χ4n) is 3.54. The van der Waals surface area contributed by atoms with Crippen molar-refractivity contribution < 1.29 is 22.3 Å². The van der Waals surface area contributed by atoms with Crippen LogP contribution in [0.4, 0.5) is 17.6 Å². The zero-order valence-electron chi connectivity index (χ0n) is 19.6. The summed E-state index contributed by atoms with van der Waals surface area (Å²) in [5.41, 5.74) is 1.84. The molecule has 0 radical (unpaired) electrons. The Hall–Kier alpha value is -4.22. The molecule has 0 fully saturated rings. The maximum absolute atomic E-state index is 14.6. The monoisotopic (exact) mass is 486 g/mol. The van der Waals surface area contributed by atoms with Gasteiger partial charge < -0.3 is 4.74 Å². The lowest BCUT2D eigenvalue weighted by Crippen LogP contribution is -1.96. The van der Waals surface area contributed by atoms with Crippen LogP contribution in [0.3, 0.4) is 0 Å². The van der Waals surface area contributed by atoms with Gasteiger partial charge in [-0.15, -0.1) is 0 Å². The van der Waals surface area contributed by atoms with Crippen LogP contribution in [0.2, 0.25) is 0 Å². The average molecular weight is 487 g/mol. The van der Waals surface area contributed by atoms with Crippen LogP contribution >= 0.6 is 0 Å². The third kappa shape index (κ3) is 6.06. The number of rotatable bonds is 5. The van der Waals surface area contributed by atoms with Crippen molar-refractivity contribution in [2.45, 2.75) is 26.2 Å². The number of halogens is 4. The Balaban J connectivity index is 1.46. The average Bonchev–Trinajstić information content (AvgIpc) is 2.88. The Morgan fingerprint density at radius 3 is 2.06 bits per heavy atom. The van der Waals surface area contributed by atoms with Gasteiger partial charge in [-0.25, -0.2) is 17.6 Å². The largest absolute Gasteiger partial charge is 0.494 e. The maximum Gasteiger partial charge on any atom is 0.195 e. The lowest BCUT2D eigenvalue weighted by atomic mass is 10.1. The second-order valence-electron chi connectivity index (χ2n) is 8.20. The van der Waals surface area contributed by atoms with Gasteiger partial charge in [0.1, 0.15) is 11.6 Å². The lowest BCUT2D eigenvalue weighted by molar-refractivity contribution is 0.306. The SMILES string of the molecule is CCCCCOc1ccc(C#Cc2ccc(C#Cc3ccc4c(F)c(F)c(F)cc4c3)c(F)c2)cc1. The zero-order valence-corrected chi connectivity index (χ0v) is 19.6. The molecule has 36 heavy (non-hydrogen) atoms. The van der Waals surface area contributed by atoms with E-state index in [1.807, 2.05) is 24.3 Å². The van der Waals surface area contributed by atoms with Crippen LogP contribution in [0.15, 0.2) is 66.7 Å². The van der Waals surface area contributed by atoms with E-state index in [4.69, 9.17) is 4.74 Å². The summed E-state index contributed by atoms with van der Waals surface area (Å²) in [5.74, 6) is 7.64. The van der Waals surface area contributed by atoms with Gasteiger partial charge in [-0.2, -0.15) is 0 Å². The van der Waals surface area contributed by atoms with E-state index in [0.717, 1.165) is 36.6 Å². The number of benzene rings is 4. The first-order valence-corrected chi connectivity index (χ1v) is 11.6. The first-order valence-electron chi connectivity index (χ1n) is 11.6. The molecule has 0 amide bonds. The predicted molar refractivity (Wildman–Crippen MR) is 134 cm³/mol. The number of hydrogen-bond donors (Lipinski definition) is 0. The molecule has 4 aromatic rings. The molecule has 4 aromatic carbocycles. The smallest absolute Gasteiger partial charge is 0.195 e. The molecule has 1 nitrogen and oxygen atoms in total. The van der Waals surface area contributed by atoms with E-state index in [0.29, 0.717) is 17.7 Å². The normalized spacial score (nSPS) is 10.4. The van der Waals surface area contributed by atoms with Gasteiger partial charge in [0.05, 0.1) is 12.2 Å². The van der Waals surface area contributed by atoms with Crippen molar-refractivity contribution in [3.63, 3.8) is 0 Å². The number of unbranched alkanes of at least 4 members (excludes halogenated alkanes) is 2. The Morgan fingerprint density at radius 1 is 0.639 bits per heavy atom.